The van der Waals surface area contributed by atoms with Crippen LogP contribution in [0.5, 0.6) is 0 Å². The lowest BCUT2D eigenvalue weighted by Crippen LogP contribution is -2.30. The summed E-state index contributed by atoms with van der Waals surface area (Å²) in [6, 6.07) is 21.1. The number of benzene rings is 3. The van der Waals surface area contributed by atoms with E-state index in [-0.39, 0.29) is 29.4 Å². The molecule has 3 aromatic carbocycles. The third-order valence-corrected chi connectivity index (χ3v) is 8.14. The van der Waals surface area contributed by atoms with Crippen molar-refractivity contribution in [3.63, 3.8) is 0 Å². The topological polar surface area (TPSA) is 93.6 Å². The summed E-state index contributed by atoms with van der Waals surface area (Å²) >= 11 is 3.34. The number of aryl methyl sites for hydroxylation is 1. The van der Waals surface area contributed by atoms with Gasteiger partial charge in [0.15, 0.2) is 12.4 Å². The molecule has 0 spiro atoms. The Hall–Kier alpha value is -4.43. The highest BCUT2D eigenvalue weighted by molar-refractivity contribution is 9.10. The van der Waals surface area contributed by atoms with Crippen molar-refractivity contribution in [2.75, 3.05) is 11.5 Å². The number of pyridine rings is 1. The standard InChI is InChI=1S/C33H25BrN2O5/c1-19-6-15-28-26(16-19)27(33(40)41-18-30(37)21-7-11-22(34)12-8-21)17-29(35-28)20-9-13-23(14-10-20)36-31(38)24-4-2-3-5-25(24)32(36)39/h2-3,6-17,24-25H,4-5,18H2,1H3/t24-,25-/m1/s1. The van der Waals surface area contributed by atoms with Crippen LogP contribution in [0, 0.1) is 18.8 Å². The molecule has 4 aromatic rings. The molecule has 0 unspecified atom stereocenters. The van der Waals surface area contributed by atoms with E-state index < -0.39 is 12.6 Å². The summed E-state index contributed by atoms with van der Waals surface area (Å²) in [5.41, 5.74) is 4.04. The Labute approximate surface area is 245 Å². The largest absolute Gasteiger partial charge is 0.454 e. The maximum atomic E-state index is 13.3. The van der Waals surface area contributed by atoms with E-state index in [0.29, 0.717) is 51.8 Å². The number of halogens is 1. The smallest absolute Gasteiger partial charge is 0.339 e. The van der Waals surface area contributed by atoms with Gasteiger partial charge in [-0.3, -0.25) is 19.3 Å². The van der Waals surface area contributed by atoms with E-state index in [1.165, 1.54) is 4.90 Å². The van der Waals surface area contributed by atoms with E-state index in [0.717, 1.165) is 10.0 Å². The molecular weight excluding hydrogens is 584 g/mol. The van der Waals surface area contributed by atoms with E-state index >= 15 is 0 Å². The maximum absolute atomic E-state index is 13.3. The van der Waals surface area contributed by atoms with Gasteiger partial charge < -0.3 is 4.74 Å². The van der Waals surface area contributed by atoms with Gasteiger partial charge in [-0.05, 0) is 62.2 Å². The summed E-state index contributed by atoms with van der Waals surface area (Å²) in [5, 5.41) is 0.621. The van der Waals surface area contributed by atoms with Crippen LogP contribution in [0.25, 0.3) is 22.2 Å². The number of Topliss-reactive ketones (excluding diaryl/α,β-unsaturated/α-hetero) is 1. The fourth-order valence-electron chi connectivity index (χ4n) is 5.42. The molecule has 1 aliphatic heterocycles. The third kappa shape index (κ3) is 5.11. The van der Waals surface area contributed by atoms with Crippen molar-refractivity contribution in [1.82, 2.24) is 4.98 Å². The van der Waals surface area contributed by atoms with E-state index in [9.17, 15) is 19.2 Å². The summed E-state index contributed by atoms with van der Waals surface area (Å²) in [7, 11) is 0. The average molecular weight is 609 g/mol. The van der Waals surface area contributed by atoms with Gasteiger partial charge in [-0.15, -0.1) is 0 Å². The monoisotopic (exact) mass is 608 g/mol. The first-order chi connectivity index (χ1) is 19.8. The van der Waals surface area contributed by atoms with Crippen molar-refractivity contribution in [3.05, 3.63) is 106 Å². The first-order valence-electron chi connectivity index (χ1n) is 13.3. The molecule has 2 aliphatic rings. The number of esters is 1. The van der Waals surface area contributed by atoms with Crippen LogP contribution >= 0.6 is 15.9 Å². The number of ether oxygens (including phenoxy) is 1. The van der Waals surface area contributed by atoms with E-state index in [1.54, 1.807) is 54.6 Å². The summed E-state index contributed by atoms with van der Waals surface area (Å²) < 4.78 is 6.30. The number of carbonyl (C=O) groups is 4. The predicted molar refractivity (Wildman–Crippen MR) is 159 cm³/mol. The Balaban J connectivity index is 1.28. The van der Waals surface area contributed by atoms with Gasteiger partial charge in [-0.1, -0.05) is 64.0 Å². The maximum Gasteiger partial charge on any atom is 0.339 e. The average Bonchev–Trinajstić information content (AvgIpc) is 3.25. The molecule has 0 bridgehead atoms. The minimum absolute atomic E-state index is 0.168. The summed E-state index contributed by atoms with van der Waals surface area (Å²) in [6.45, 7) is 1.53. The second kappa shape index (κ2) is 10.9. The number of imide groups is 1. The quantitative estimate of drug-likeness (QED) is 0.108. The van der Waals surface area contributed by atoms with Gasteiger partial charge in [-0.2, -0.15) is 0 Å². The van der Waals surface area contributed by atoms with Gasteiger partial charge in [0.2, 0.25) is 11.8 Å². The van der Waals surface area contributed by atoms with Crippen LogP contribution in [0.2, 0.25) is 0 Å². The van der Waals surface area contributed by atoms with E-state index in [2.05, 4.69) is 15.9 Å². The highest BCUT2D eigenvalue weighted by Gasteiger charge is 2.47. The number of nitrogens with zero attached hydrogens (tertiary/aromatic N) is 2. The molecule has 2 atom stereocenters. The first kappa shape index (κ1) is 26.8. The summed E-state index contributed by atoms with van der Waals surface area (Å²) in [5.74, 6) is -1.88. The minimum atomic E-state index is -0.629. The van der Waals surface area contributed by atoms with Gasteiger partial charge >= 0.3 is 5.97 Å². The molecular formula is C33H25BrN2O5. The zero-order chi connectivity index (χ0) is 28.7. The Bertz CT molecular complexity index is 1720. The fourth-order valence-corrected chi connectivity index (χ4v) is 5.68. The molecule has 0 N–H and O–H groups in total. The number of rotatable bonds is 6. The minimum Gasteiger partial charge on any atom is -0.454 e. The number of ketones is 1. The van der Waals surface area contributed by atoms with Crippen molar-refractivity contribution in [2.45, 2.75) is 19.8 Å². The van der Waals surface area contributed by atoms with E-state index in [4.69, 9.17) is 9.72 Å². The Kier molecular flexibility index (Phi) is 7.09. The van der Waals surface area contributed by atoms with E-state index in [1.807, 2.05) is 37.3 Å². The van der Waals surface area contributed by atoms with Crippen LogP contribution in [0.15, 0.2) is 89.4 Å². The molecule has 0 radical (unpaired) electrons. The van der Waals surface area contributed by atoms with Gasteiger partial charge in [-0.25, -0.2) is 9.78 Å². The fraction of sp³-hybridized carbons (Fsp3) is 0.182. The lowest BCUT2D eigenvalue weighted by Gasteiger charge is -2.15. The number of aromatic nitrogens is 1. The Morgan fingerprint density at radius 3 is 2.22 bits per heavy atom. The Morgan fingerprint density at radius 2 is 1.56 bits per heavy atom. The number of amides is 2. The van der Waals surface area contributed by atoms with Crippen molar-refractivity contribution >= 4 is 56.1 Å². The van der Waals surface area contributed by atoms with Crippen LogP contribution in [-0.2, 0) is 14.3 Å². The predicted octanol–water partition coefficient (Wildman–Crippen LogP) is 6.47. The lowest BCUT2D eigenvalue weighted by atomic mass is 9.85. The van der Waals surface area contributed by atoms with Crippen LogP contribution in [0.4, 0.5) is 5.69 Å². The molecule has 2 amide bonds. The number of carbonyl (C=O) groups excluding carboxylic acids is 4. The second-order valence-electron chi connectivity index (χ2n) is 10.3. The molecule has 1 aliphatic carbocycles. The van der Waals surface area contributed by atoms with Crippen molar-refractivity contribution in [2.24, 2.45) is 11.8 Å². The molecule has 1 fully saturated rings. The molecule has 6 rings (SSSR count). The molecule has 1 saturated heterocycles. The summed E-state index contributed by atoms with van der Waals surface area (Å²) in [6.07, 6.45) is 5.09. The lowest BCUT2D eigenvalue weighted by molar-refractivity contribution is -0.122. The van der Waals surface area contributed by atoms with Crippen molar-refractivity contribution < 1.29 is 23.9 Å². The van der Waals surface area contributed by atoms with Gasteiger partial charge in [0.05, 0.1) is 34.3 Å². The van der Waals surface area contributed by atoms with Crippen LogP contribution in [-0.4, -0.2) is 35.2 Å². The highest BCUT2D eigenvalue weighted by atomic mass is 79.9. The number of hydrogen-bond acceptors (Lipinski definition) is 6. The van der Waals surface area contributed by atoms with Crippen LogP contribution in [0.3, 0.4) is 0 Å². The number of hydrogen-bond donors (Lipinski definition) is 0. The molecule has 8 heteroatoms. The Morgan fingerprint density at radius 1 is 0.902 bits per heavy atom. The number of fused-ring (bicyclic) bond motifs is 2. The number of anilines is 1. The van der Waals surface area contributed by atoms with Crippen LogP contribution < -0.4 is 4.90 Å². The molecule has 1 aromatic heterocycles. The second-order valence-corrected chi connectivity index (χ2v) is 11.2. The SMILES string of the molecule is Cc1ccc2nc(-c3ccc(N4C(=O)[C@@H]5CC=CC[C@H]5C4=O)cc3)cc(C(=O)OCC(=O)c3ccc(Br)cc3)c2c1. The van der Waals surface area contributed by atoms with Gasteiger partial charge in [0, 0.05) is 21.0 Å². The zero-order valence-corrected chi connectivity index (χ0v) is 23.8. The summed E-state index contributed by atoms with van der Waals surface area (Å²) in [4.78, 5) is 57.9. The molecule has 2 heterocycles. The highest BCUT2D eigenvalue weighted by Crippen LogP contribution is 2.38. The molecule has 7 nitrogen and oxygen atoms in total. The molecule has 0 saturated carbocycles. The zero-order valence-electron chi connectivity index (χ0n) is 22.2. The first-order valence-corrected chi connectivity index (χ1v) is 14.1. The third-order valence-electron chi connectivity index (χ3n) is 7.61. The van der Waals surface area contributed by atoms with Crippen LogP contribution in [0.1, 0.15) is 39.1 Å². The van der Waals surface area contributed by atoms with Crippen molar-refractivity contribution in [3.8, 4) is 11.3 Å². The van der Waals surface area contributed by atoms with Crippen molar-refractivity contribution in [1.29, 1.82) is 0 Å². The van der Waals surface area contributed by atoms with Gasteiger partial charge in [0.25, 0.3) is 0 Å². The normalized spacial score (nSPS) is 18.0. The van der Waals surface area contributed by atoms with Gasteiger partial charge in [0.1, 0.15) is 0 Å². The molecule has 41 heavy (non-hydrogen) atoms. The molecule has 204 valence electrons. The number of allylic oxidation sites excluding steroid dienone is 2.